The van der Waals surface area contributed by atoms with Crippen LogP contribution in [0.1, 0.15) is 75.0 Å². The largest absolute Gasteiger partial charge is 0.390 e. The number of nitrogens with zero attached hydrogens (tertiary/aromatic N) is 3. The molecule has 3 atom stereocenters. The molecule has 216 valence electrons. The Labute approximate surface area is 234 Å². The maximum atomic E-state index is 15.1. The Hall–Kier alpha value is -2.56. The number of aromatic nitrogens is 2. The molecule has 39 heavy (non-hydrogen) atoms. The van der Waals surface area contributed by atoms with Crippen LogP contribution in [0.2, 0.25) is 0 Å². The number of amides is 2. The number of aliphatic hydroxyl groups excluding tert-OH is 1. The minimum absolute atomic E-state index is 0. The Morgan fingerprint density at radius 3 is 2.38 bits per heavy atom. The van der Waals surface area contributed by atoms with Crippen LogP contribution in [0.3, 0.4) is 0 Å². The molecule has 2 aromatic rings. The van der Waals surface area contributed by atoms with Gasteiger partial charge in [0.2, 0.25) is 11.8 Å². The molecule has 2 fully saturated rings. The fraction of sp³-hybridized carbons (Fsp3) is 0.607. The van der Waals surface area contributed by atoms with Crippen LogP contribution in [0, 0.1) is 31.4 Å². The number of carbonyl (C=O) groups is 2. The molecule has 3 N–H and O–H groups in total. The minimum Gasteiger partial charge on any atom is -0.390 e. The number of likely N-dealkylation sites (tertiary alicyclic amines) is 1. The van der Waals surface area contributed by atoms with Gasteiger partial charge < -0.3 is 15.3 Å². The molecule has 1 aromatic carbocycles. The Morgan fingerprint density at radius 1 is 1.18 bits per heavy atom. The predicted octanol–water partition coefficient (Wildman–Crippen LogP) is 3.79. The number of aryl methyl sites for hydroxylation is 2. The highest BCUT2D eigenvalue weighted by Crippen LogP contribution is 2.40. The summed E-state index contributed by atoms with van der Waals surface area (Å²) in [7, 11) is 0. The number of H-pyrrole nitrogens is 1. The molecule has 8 nitrogen and oxygen atoms in total. The summed E-state index contributed by atoms with van der Waals surface area (Å²) < 4.78 is 28.9. The maximum absolute atomic E-state index is 15.1. The number of nitrogens with one attached hydrogen (secondary N) is 2. The molecule has 1 spiro atoms. The molecular weight excluding hydrogens is 528 g/mol. The fourth-order valence-corrected chi connectivity index (χ4v) is 5.97. The Bertz CT molecular complexity index is 1160. The normalized spacial score (nSPS) is 21.2. The van der Waals surface area contributed by atoms with Gasteiger partial charge in [-0.05, 0) is 45.1 Å². The summed E-state index contributed by atoms with van der Waals surface area (Å²) in [5.74, 6) is -1.99. The van der Waals surface area contributed by atoms with E-state index in [-0.39, 0.29) is 30.1 Å². The number of carbonyl (C=O) groups excluding carboxylic acids is 2. The van der Waals surface area contributed by atoms with Gasteiger partial charge in [0.15, 0.2) is 0 Å². The molecule has 2 aliphatic rings. The minimum atomic E-state index is -1.04. The van der Waals surface area contributed by atoms with Crippen molar-refractivity contribution < 1.29 is 23.5 Å². The number of piperazine rings is 1. The zero-order valence-corrected chi connectivity index (χ0v) is 24.1. The number of aliphatic hydroxyl groups is 1. The van der Waals surface area contributed by atoms with Gasteiger partial charge in [-0.25, -0.2) is 8.78 Å². The number of hydrogen-bond acceptors (Lipinski definition) is 5. The van der Waals surface area contributed by atoms with Crippen molar-refractivity contribution in [1.29, 1.82) is 0 Å². The summed E-state index contributed by atoms with van der Waals surface area (Å²) in [4.78, 5) is 31.0. The van der Waals surface area contributed by atoms with Crippen molar-refractivity contribution in [3.63, 3.8) is 0 Å². The van der Waals surface area contributed by atoms with Crippen LogP contribution in [0.25, 0.3) is 0 Å². The first kappa shape index (κ1) is 31.0. The molecule has 0 aliphatic carbocycles. The van der Waals surface area contributed by atoms with Gasteiger partial charge in [-0.1, -0.05) is 33.3 Å². The molecule has 0 saturated carbocycles. The lowest BCUT2D eigenvalue weighted by molar-refractivity contribution is -0.165. The molecule has 0 radical (unpaired) electrons. The molecule has 2 amide bonds. The molecule has 0 bridgehead atoms. The van der Waals surface area contributed by atoms with E-state index in [1.165, 1.54) is 12.1 Å². The van der Waals surface area contributed by atoms with E-state index in [9.17, 15) is 19.1 Å². The Kier molecular flexibility index (Phi) is 9.78. The smallest absolute Gasteiger partial charge is 0.248 e. The fourth-order valence-electron chi connectivity index (χ4n) is 5.97. The quantitative estimate of drug-likeness (QED) is 0.450. The van der Waals surface area contributed by atoms with Gasteiger partial charge in [-0.2, -0.15) is 5.10 Å². The van der Waals surface area contributed by atoms with Gasteiger partial charge in [0.1, 0.15) is 23.2 Å². The summed E-state index contributed by atoms with van der Waals surface area (Å²) in [6.07, 6.45) is 1.33. The van der Waals surface area contributed by atoms with Gasteiger partial charge in [0, 0.05) is 42.5 Å². The van der Waals surface area contributed by atoms with Gasteiger partial charge in [0.25, 0.3) is 0 Å². The zero-order valence-electron chi connectivity index (χ0n) is 23.3. The highest BCUT2D eigenvalue weighted by atomic mass is 35.5. The molecule has 11 heteroatoms. The van der Waals surface area contributed by atoms with Gasteiger partial charge in [-0.3, -0.25) is 19.6 Å². The van der Waals surface area contributed by atoms with E-state index in [1.807, 2.05) is 34.6 Å². The molecule has 3 heterocycles. The first-order valence-corrected chi connectivity index (χ1v) is 13.5. The number of aromatic amines is 1. The highest BCUT2D eigenvalue weighted by molar-refractivity contribution is 6.00. The summed E-state index contributed by atoms with van der Waals surface area (Å²) in [6.45, 7) is 10.6. The average Bonchev–Trinajstić information content (AvgIpc) is 3.21. The lowest BCUT2D eigenvalue weighted by atomic mass is 9.79. The van der Waals surface area contributed by atoms with Crippen molar-refractivity contribution in [1.82, 2.24) is 25.3 Å². The maximum Gasteiger partial charge on any atom is 0.248 e. The molecule has 4 rings (SSSR count). The highest BCUT2D eigenvalue weighted by Gasteiger charge is 2.55. The molecule has 2 saturated heterocycles. The SMILES string of the molecule is CCCCN1C(=O)[C@@H]([C@H](O)C(C)C)NC(=O)C12CCN(C(c1ccc(F)cc1F)c1c(C)n[nH]c1C)CC2.Cl. The number of hydrogen-bond donors (Lipinski definition) is 3. The van der Waals surface area contributed by atoms with Crippen molar-refractivity contribution in [3.8, 4) is 0 Å². The van der Waals surface area contributed by atoms with Crippen LogP contribution in [-0.2, 0) is 9.59 Å². The van der Waals surface area contributed by atoms with Gasteiger partial charge in [-0.15, -0.1) is 12.4 Å². The molecule has 1 aromatic heterocycles. The zero-order chi connectivity index (χ0) is 27.8. The van der Waals surface area contributed by atoms with Crippen molar-refractivity contribution in [3.05, 3.63) is 52.3 Å². The average molecular weight is 568 g/mol. The van der Waals surface area contributed by atoms with Gasteiger partial charge in [0.05, 0.1) is 17.8 Å². The number of rotatable bonds is 8. The van der Waals surface area contributed by atoms with E-state index >= 15 is 4.39 Å². The second-order valence-electron chi connectivity index (χ2n) is 11.0. The molecular formula is C28H40ClF2N5O3. The van der Waals surface area contributed by atoms with Crippen molar-refractivity contribution in [2.75, 3.05) is 19.6 Å². The summed E-state index contributed by atoms with van der Waals surface area (Å²) in [6, 6.07) is 2.10. The number of benzene rings is 1. The van der Waals surface area contributed by atoms with Crippen LogP contribution in [0.5, 0.6) is 0 Å². The predicted molar refractivity (Wildman–Crippen MR) is 146 cm³/mol. The third kappa shape index (κ3) is 5.69. The second kappa shape index (κ2) is 12.3. The third-order valence-electron chi connectivity index (χ3n) is 8.22. The monoisotopic (exact) mass is 567 g/mol. The Morgan fingerprint density at radius 2 is 1.85 bits per heavy atom. The summed E-state index contributed by atoms with van der Waals surface area (Å²) in [5.41, 5.74) is 1.62. The van der Waals surface area contributed by atoms with Crippen LogP contribution in [0.4, 0.5) is 8.78 Å². The van der Waals surface area contributed by atoms with E-state index in [0.717, 1.165) is 35.9 Å². The summed E-state index contributed by atoms with van der Waals surface area (Å²) >= 11 is 0. The topological polar surface area (TPSA) is 102 Å². The second-order valence-corrected chi connectivity index (χ2v) is 11.0. The lowest BCUT2D eigenvalue weighted by Gasteiger charge is -2.53. The van der Waals surface area contributed by atoms with Crippen LogP contribution in [0.15, 0.2) is 18.2 Å². The first-order valence-electron chi connectivity index (χ1n) is 13.5. The number of unbranched alkanes of at least 4 members (excludes halogenated alkanes) is 1. The first-order chi connectivity index (χ1) is 18.0. The third-order valence-corrected chi connectivity index (χ3v) is 8.22. The van der Waals surface area contributed by atoms with E-state index in [4.69, 9.17) is 0 Å². The Balaban J connectivity index is 0.00000420. The van der Waals surface area contributed by atoms with Crippen molar-refractivity contribution in [2.45, 2.75) is 84.0 Å². The van der Waals surface area contributed by atoms with Gasteiger partial charge >= 0.3 is 0 Å². The van der Waals surface area contributed by atoms with E-state index in [1.54, 1.807) is 4.90 Å². The van der Waals surface area contributed by atoms with Crippen LogP contribution >= 0.6 is 12.4 Å². The van der Waals surface area contributed by atoms with E-state index in [0.29, 0.717) is 38.0 Å². The molecule has 2 aliphatic heterocycles. The standard InChI is InChI=1S/C28H39F2N5O3.ClH/c1-6-7-12-35-26(37)23(25(36)16(2)3)31-27(38)28(35)10-13-34(14-11-28)24(22-17(4)32-33-18(22)5)20-9-8-19(29)15-21(20)30;/h8-9,15-16,23-25,36H,6-7,10-14H2,1-5H3,(H,31,38)(H,32,33);1H/t23-,24?,25-;/m1./s1. The number of piperidine rings is 1. The van der Waals surface area contributed by atoms with Crippen molar-refractivity contribution in [2.24, 2.45) is 5.92 Å². The van der Waals surface area contributed by atoms with E-state index < -0.39 is 35.4 Å². The molecule has 1 unspecified atom stereocenters. The van der Waals surface area contributed by atoms with E-state index in [2.05, 4.69) is 20.4 Å². The lowest BCUT2D eigenvalue weighted by Crippen LogP contribution is -2.75. The summed E-state index contributed by atoms with van der Waals surface area (Å²) in [5, 5.41) is 20.8. The van der Waals surface area contributed by atoms with Crippen LogP contribution < -0.4 is 5.32 Å². The van der Waals surface area contributed by atoms with Crippen molar-refractivity contribution >= 4 is 24.2 Å². The van der Waals surface area contributed by atoms with Crippen LogP contribution in [-0.4, -0.2) is 74.2 Å². The number of halogens is 3.